The molecule has 0 saturated heterocycles. The van der Waals surface area contributed by atoms with E-state index in [2.05, 4.69) is 78.9 Å². The van der Waals surface area contributed by atoms with Gasteiger partial charge in [0.1, 0.15) is 12.4 Å². The van der Waals surface area contributed by atoms with Gasteiger partial charge in [0.15, 0.2) is 4.80 Å². The molecule has 6 aromatic rings. The third kappa shape index (κ3) is 4.62. The molecule has 2 aliphatic rings. The third-order valence-corrected chi connectivity index (χ3v) is 9.40. The molecule has 0 unspecified atom stereocenters. The van der Waals surface area contributed by atoms with Crippen molar-refractivity contribution in [2.75, 3.05) is 0 Å². The predicted molar refractivity (Wildman–Crippen MR) is 174 cm³/mol. The Labute approximate surface area is 253 Å². The van der Waals surface area contributed by atoms with E-state index in [1.807, 2.05) is 53.1 Å². The lowest BCUT2D eigenvalue weighted by molar-refractivity contribution is 0.307. The van der Waals surface area contributed by atoms with Crippen molar-refractivity contribution in [2.45, 2.75) is 25.5 Å². The maximum atomic E-state index is 14.1. The summed E-state index contributed by atoms with van der Waals surface area (Å²) < 4.78 is 8.81. The normalized spacial score (nSPS) is 15.9. The molecule has 8 rings (SSSR count). The minimum Gasteiger partial charge on any atom is -0.489 e. The Kier molecular flexibility index (Phi) is 6.38. The molecule has 0 fully saturated rings. The van der Waals surface area contributed by atoms with E-state index in [0.717, 1.165) is 45.8 Å². The molecule has 5 aromatic carbocycles. The lowest BCUT2D eigenvalue weighted by atomic mass is 9.83. The first-order chi connectivity index (χ1) is 21.2. The summed E-state index contributed by atoms with van der Waals surface area (Å²) in [5, 5.41) is 2.40. The molecule has 0 radical (unpaired) electrons. The van der Waals surface area contributed by atoms with Crippen LogP contribution in [0.4, 0.5) is 0 Å². The molecule has 0 bridgehead atoms. The van der Waals surface area contributed by atoms with Crippen molar-refractivity contribution < 1.29 is 4.74 Å². The van der Waals surface area contributed by atoms with Crippen LogP contribution in [0.25, 0.3) is 22.5 Å². The fourth-order valence-corrected chi connectivity index (χ4v) is 7.38. The van der Waals surface area contributed by atoms with Crippen LogP contribution in [0, 0.1) is 0 Å². The van der Waals surface area contributed by atoms with Crippen LogP contribution < -0.4 is 19.6 Å². The Morgan fingerprint density at radius 1 is 0.837 bits per heavy atom. The molecule has 0 spiro atoms. The number of fused-ring (bicyclic) bond motifs is 4. The van der Waals surface area contributed by atoms with Crippen LogP contribution in [-0.2, 0) is 13.0 Å². The minimum atomic E-state index is -0.168. The summed E-state index contributed by atoms with van der Waals surface area (Å²) in [6, 6.07) is 41.3. The molecule has 1 aromatic heterocycles. The smallest absolute Gasteiger partial charge is 0.271 e. The number of hydrogen-bond donors (Lipinski definition) is 0. The van der Waals surface area contributed by atoms with Crippen molar-refractivity contribution in [3.8, 4) is 5.75 Å². The van der Waals surface area contributed by atoms with E-state index in [1.165, 1.54) is 38.8 Å². The number of thiazole rings is 1. The zero-order valence-corrected chi connectivity index (χ0v) is 24.3. The molecule has 1 aliphatic heterocycles. The van der Waals surface area contributed by atoms with Crippen LogP contribution in [0.2, 0.25) is 0 Å². The molecule has 208 valence electrons. The van der Waals surface area contributed by atoms with E-state index in [-0.39, 0.29) is 11.6 Å². The summed E-state index contributed by atoms with van der Waals surface area (Å²) in [6.07, 6.45) is 3.80. The molecule has 2 heterocycles. The Hall–Kier alpha value is -5.00. The highest BCUT2D eigenvalue weighted by Gasteiger charge is 2.32. The Bertz CT molecular complexity index is 2220. The molecule has 5 heteroatoms. The van der Waals surface area contributed by atoms with Gasteiger partial charge in [-0.05, 0) is 69.6 Å². The maximum absolute atomic E-state index is 14.1. The molecule has 1 aliphatic carbocycles. The van der Waals surface area contributed by atoms with Crippen LogP contribution >= 0.6 is 11.3 Å². The highest BCUT2D eigenvalue weighted by molar-refractivity contribution is 7.07. The number of hydrogen-bond acceptors (Lipinski definition) is 4. The first-order valence-electron chi connectivity index (χ1n) is 14.6. The zero-order valence-electron chi connectivity index (χ0n) is 23.4. The van der Waals surface area contributed by atoms with Gasteiger partial charge in [-0.15, -0.1) is 0 Å². The number of nitrogens with zero attached hydrogens (tertiary/aromatic N) is 2. The van der Waals surface area contributed by atoms with Gasteiger partial charge in [0, 0.05) is 5.56 Å². The second-order valence-electron chi connectivity index (χ2n) is 11.0. The number of benzene rings is 5. The van der Waals surface area contributed by atoms with Gasteiger partial charge in [-0.25, -0.2) is 4.99 Å². The highest BCUT2D eigenvalue weighted by atomic mass is 32.1. The minimum absolute atomic E-state index is 0.00918. The summed E-state index contributed by atoms with van der Waals surface area (Å²) in [6.45, 7) is 0.469. The average molecular weight is 577 g/mol. The summed E-state index contributed by atoms with van der Waals surface area (Å²) in [4.78, 5) is 19.9. The van der Waals surface area contributed by atoms with Crippen molar-refractivity contribution in [3.05, 3.63) is 174 Å². The molecule has 43 heavy (non-hydrogen) atoms. The summed E-state index contributed by atoms with van der Waals surface area (Å²) >= 11 is 1.46. The summed E-state index contributed by atoms with van der Waals surface area (Å²) in [5.74, 6) is 0.767. The number of aromatic nitrogens is 1. The van der Waals surface area contributed by atoms with E-state index in [0.29, 0.717) is 11.1 Å². The second kappa shape index (κ2) is 10.7. The molecular formula is C38H28N2O2S. The Morgan fingerprint density at radius 3 is 2.56 bits per heavy atom. The highest BCUT2D eigenvalue weighted by Crippen LogP contribution is 2.41. The first kappa shape index (κ1) is 25.7. The first-order valence-corrected chi connectivity index (χ1v) is 15.4. The van der Waals surface area contributed by atoms with Gasteiger partial charge in [0.2, 0.25) is 0 Å². The predicted octanol–water partition coefficient (Wildman–Crippen LogP) is 7.05. The van der Waals surface area contributed by atoms with Gasteiger partial charge in [-0.1, -0.05) is 121 Å². The largest absolute Gasteiger partial charge is 0.489 e. The molecule has 0 N–H and O–H groups in total. The SMILES string of the molecule is O=c1/c(=C/c2cccc(OCc3cccc4ccccc34)c2)sc2n1[C@@H](c1ccccc1)C1=C(N=2)c2ccccc2CC1. The summed E-state index contributed by atoms with van der Waals surface area (Å²) in [7, 11) is 0. The van der Waals surface area contributed by atoms with Crippen LogP contribution in [0.1, 0.15) is 40.3 Å². The van der Waals surface area contributed by atoms with Crippen molar-refractivity contribution in [3.63, 3.8) is 0 Å². The maximum Gasteiger partial charge on any atom is 0.271 e. The quantitative estimate of drug-likeness (QED) is 0.221. The number of ether oxygens (including phenoxy) is 1. The van der Waals surface area contributed by atoms with Gasteiger partial charge in [-0.2, -0.15) is 0 Å². The number of aryl methyl sites for hydroxylation is 1. The van der Waals surface area contributed by atoms with E-state index in [4.69, 9.17) is 9.73 Å². The summed E-state index contributed by atoms with van der Waals surface area (Å²) in [5.41, 5.74) is 7.90. The fraction of sp³-hybridized carbons (Fsp3) is 0.105. The lowest BCUT2D eigenvalue weighted by Crippen LogP contribution is -2.38. The van der Waals surface area contributed by atoms with E-state index < -0.39 is 0 Å². The van der Waals surface area contributed by atoms with Gasteiger partial charge in [-0.3, -0.25) is 9.36 Å². The standard InChI is InChI=1S/C38H28N2O2S/c41-37-34(23-25-10-8-17-30(22-25)42-24-29-16-9-15-26-11-4-6-18-31(26)29)43-38-39-35-32-19-7-5-12-27(32)20-21-33(35)36(40(37)38)28-13-2-1-3-14-28/h1-19,22-23,36H,20-21,24H2/b34-23-/t36-/m0/s1. The third-order valence-electron chi connectivity index (χ3n) is 8.42. The van der Waals surface area contributed by atoms with Crippen LogP contribution in [-0.4, -0.2) is 4.57 Å². The Morgan fingerprint density at radius 2 is 1.63 bits per heavy atom. The molecule has 4 nitrogen and oxygen atoms in total. The van der Waals surface area contributed by atoms with Crippen LogP contribution in [0.3, 0.4) is 0 Å². The topological polar surface area (TPSA) is 43.6 Å². The Balaban J connectivity index is 1.18. The molecule has 0 saturated carbocycles. The van der Waals surface area contributed by atoms with Crippen molar-refractivity contribution in [1.82, 2.24) is 4.57 Å². The van der Waals surface area contributed by atoms with Crippen molar-refractivity contribution in [2.24, 2.45) is 4.99 Å². The lowest BCUT2D eigenvalue weighted by Gasteiger charge is -2.30. The van der Waals surface area contributed by atoms with Gasteiger partial charge < -0.3 is 4.74 Å². The van der Waals surface area contributed by atoms with E-state index >= 15 is 0 Å². The van der Waals surface area contributed by atoms with E-state index in [9.17, 15) is 4.79 Å². The molecule has 0 amide bonds. The van der Waals surface area contributed by atoms with Crippen molar-refractivity contribution in [1.29, 1.82) is 0 Å². The van der Waals surface area contributed by atoms with Crippen LogP contribution in [0.15, 0.2) is 137 Å². The molecule has 1 atom stereocenters. The van der Waals surface area contributed by atoms with Gasteiger partial charge in [0.05, 0.1) is 16.3 Å². The van der Waals surface area contributed by atoms with Crippen molar-refractivity contribution >= 4 is 33.9 Å². The molecular weight excluding hydrogens is 548 g/mol. The van der Waals surface area contributed by atoms with Gasteiger partial charge in [0.25, 0.3) is 5.56 Å². The van der Waals surface area contributed by atoms with Gasteiger partial charge >= 0.3 is 0 Å². The number of rotatable bonds is 5. The van der Waals surface area contributed by atoms with E-state index in [1.54, 1.807) is 0 Å². The van der Waals surface area contributed by atoms with Crippen LogP contribution in [0.5, 0.6) is 5.75 Å². The number of allylic oxidation sites excluding steroid dienone is 1. The zero-order chi connectivity index (χ0) is 28.8. The second-order valence-corrected chi connectivity index (χ2v) is 12.0. The fourth-order valence-electron chi connectivity index (χ4n) is 6.38. The monoisotopic (exact) mass is 576 g/mol. The average Bonchev–Trinajstić information content (AvgIpc) is 3.37.